The van der Waals surface area contributed by atoms with Crippen LogP contribution in [0.2, 0.25) is 0 Å². The number of pyridine rings is 1. The van der Waals surface area contributed by atoms with Crippen LogP contribution < -0.4 is 5.32 Å². The van der Waals surface area contributed by atoms with Gasteiger partial charge in [-0.2, -0.15) is 0 Å². The van der Waals surface area contributed by atoms with Gasteiger partial charge in [-0.15, -0.1) is 10.2 Å². The van der Waals surface area contributed by atoms with Crippen LogP contribution in [0.5, 0.6) is 0 Å². The van der Waals surface area contributed by atoms with E-state index in [1.165, 1.54) is 0 Å². The summed E-state index contributed by atoms with van der Waals surface area (Å²) in [6.07, 6.45) is 3.30. The maximum atomic E-state index is 12.2. The summed E-state index contributed by atoms with van der Waals surface area (Å²) in [4.78, 5) is 15.0. The van der Waals surface area contributed by atoms with Gasteiger partial charge in [0.25, 0.3) is 5.91 Å². The van der Waals surface area contributed by atoms with Gasteiger partial charge in [-0.05, 0) is 24.3 Å². The van der Waals surface area contributed by atoms with Gasteiger partial charge in [0.1, 0.15) is 11.0 Å². The summed E-state index contributed by atoms with van der Waals surface area (Å²) in [5.74, 6) is 0.398. The second kappa shape index (κ2) is 6.31. The fourth-order valence-corrected chi connectivity index (χ4v) is 2.27. The van der Waals surface area contributed by atoms with Crippen LogP contribution >= 0.6 is 12.2 Å². The van der Waals surface area contributed by atoms with Crippen molar-refractivity contribution in [2.24, 2.45) is 0 Å². The highest BCUT2D eigenvalue weighted by molar-refractivity contribution is 7.71. The highest BCUT2D eigenvalue weighted by atomic mass is 32.1. The topological polar surface area (TPSA) is 75.6 Å². The molecule has 3 aromatic rings. The van der Waals surface area contributed by atoms with Crippen LogP contribution in [0.3, 0.4) is 0 Å². The first kappa shape index (κ1) is 14.2. The van der Waals surface area contributed by atoms with E-state index in [0.717, 1.165) is 5.69 Å². The van der Waals surface area contributed by atoms with E-state index < -0.39 is 0 Å². The van der Waals surface area contributed by atoms with Crippen LogP contribution in [0.15, 0.2) is 55.0 Å². The number of hydrogen-bond acceptors (Lipinski definition) is 4. The summed E-state index contributed by atoms with van der Waals surface area (Å²) in [7, 11) is 0. The highest BCUT2D eigenvalue weighted by Crippen LogP contribution is 2.09. The number of nitrogens with zero attached hydrogens (tertiary/aromatic N) is 3. The number of para-hydroxylation sites is 1. The van der Waals surface area contributed by atoms with Gasteiger partial charge in [-0.3, -0.25) is 9.36 Å². The molecular weight excluding hydrogens is 298 g/mol. The van der Waals surface area contributed by atoms with E-state index in [1.807, 2.05) is 34.9 Å². The van der Waals surface area contributed by atoms with E-state index in [-0.39, 0.29) is 12.5 Å². The van der Waals surface area contributed by atoms with Gasteiger partial charge in [0.05, 0.1) is 12.1 Å². The molecule has 0 saturated heterocycles. The number of hydrogen-bond donors (Lipinski definition) is 2. The third-order valence-electron chi connectivity index (χ3n) is 3.12. The van der Waals surface area contributed by atoms with Crippen LogP contribution in [0.1, 0.15) is 16.2 Å². The lowest BCUT2D eigenvalue weighted by Gasteiger charge is -2.08. The van der Waals surface area contributed by atoms with Crippen molar-refractivity contribution in [2.75, 3.05) is 0 Å². The molecule has 0 aliphatic heterocycles. The van der Waals surface area contributed by atoms with Gasteiger partial charge in [0.15, 0.2) is 5.82 Å². The van der Waals surface area contributed by atoms with Crippen LogP contribution in [0.4, 0.5) is 0 Å². The smallest absolute Gasteiger partial charge is 0.254 e. The fraction of sp³-hybridized carbons (Fsp3) is 0.0667. The van der Waals surface area contributed by atoms with Crippen molar-refractivity contribution in [3.63, 3.8) is 0 Å². The van der Waals surface area contributed by atoms with Gasteiger partial charge in [0.2, 0.25) is 0 Å². The molecule has 1 amide bonds. The molecule has 0 aliphatic carbocycles. The van der Waals surface area contributed by atoms with Crippen molar-refractivity contribution in [3.8, 4) is 5.69 Å². The van der Waals surface area contributed by atoms with Crippen LogP contribution in [0.25, 0.3) is 5.69 Å². The van der Waals surface area contributed by atoms with Gasteiger partial charge in [0, 0.05) is 11.9 Å². The van der Waals surface area contributed by atoms with E-state index >= 15 is 0 Å². The maximum absolute atomic E-state index is 12.2. The average molecular weight is 311 g/mol. The Bertz CT molecular complexity index is 840. The molecule has 0 fully saturated rings. The van der Waals surface area contributed by atoms with Crippen molar-refractivity contribution in [3.05, 3.63) is 71.0 Å². The van der Waals surface area contributed by atoms with Gasteiger partial charge in [-0.25, -0.2) is 0 Å². The van der Waals surface area contributed by atoms with E-state index in [1.54, 1.807) is 24.7 Å². The van der Waals surface area contributed by atoms with E-state index in [0.29, 0.717) is 16.0 Å². The number of amides is 1. The van der Waals surface area contributed by atoms with E-state index in [4.69, 9.17) is 12.2 Å². The standard InChI is InChI=1S/C15H13N5OS/c21-14(12-7-4-8-16-15(12)22)17-9-13-19-18-10-20(13)11-5-2-1-3-6-11/h1-8,10H,9H2,(H,16,22)(H,17,21). The SMILES string of the molecule is O=C(NCc1nncn1-c1ccccc1)c1ccc[nH]c1=S. The lowest BCUT2D eigenvalue weighted by molar-refractivity contribution is 0.0949. The third kappa shape index (κ3) is 2.94. The Labute approximate surface area is 131 Å². The summed E-state index contributed by atoms with van der Waals surface area (Å²) < 4.78 is 2.23. The summed E-state index contributed by atoms with van der Waals surface area (Å²) in [5, 5.41) is 10.8. The molecule has 0 unspecified atom stereocenters. The number of nitrogens with one attached hydrogen (secondary N) is 2. The van der Waals surface area contributed by atoms with E-state index in [9.17, 15) is 4.79 Å². The van der Waals surface area contributed by atoms with Gasteiger partial charge < -0.3 is 10.3 Å². The van der Waals surface area contributed by atoms with Gasteiger partial charge >= 0.3 is 0 Å². The number of carbonyl (C=O) groups is 1. The molecule has 22 heavy (non-hydrogen) atoms. The van der Waals surface area contributed by atoms with Crippen molar-refractivity contribution < 1.29 is 4.79 Å². The monoisotopic (exact) mass is 311 g/mol. The Hall–Kier alpha value is -2.80. The minimum absolute atomic E-state index is 0.246. The zero-order valence-corrected chi connectivity index (χ0v) is 12.4. The molecular formula is C15H13N5OS. The first-order chi connectivity index (χ1) is 10.8. The Morgan fingerprint density at radius 1 is 1.23 bits per heavy atom. The quantitative estimate of drug-likeness (QED) is 0.725. The van der Waals surface area contributed by atoms with Crippen LogP contribution in [-0.4, -0.2) is 25.7 Å². The average Bonchev–Trinajstić information content (AvgIpc) is 3.02. The van der Waals surface area contributed by atoms with Crippen molar-refractivity contribution >= 4 is 18.1 Å². The largest absolute Gasteiger partial charge is 0.352 e. The summed E-state index contributed by atoms with van der Waals surface area (Å²) in [5.41, 5.74) is 1.37. The number of aromatic amines is 1. The summed E-state index contributed by atoms with van der Waals surface area (Å²) in [6.45, 7) is 0.261. The van der Waals surface area contributed by atoms with E-state index in [2.05, 4.69) is 20.5 Å². The predicted octanol–water partition coefficient (Wildman–Crippen LogP) is 2.25. The molecule has 3 rings (SSSR count). The minimum atomic E-state index is -0.246. The Balaban J connectivity index is 1.76. The number of H-pyrrole nitrogens is 1. The lowest BCUT2D eigenvalue weighted by Crippen LogP contribution is -2.25. The fourth-order valence-electron chi connectivity index (χ4n) is 2.04. The van der Waals surface area contributed by atoms with Crippen molar-refractivity contribution in [2.45, 2.75) is 6.54 Å². The molecule has 2 aromatic heterocycles. The molecule has 2 heterocycles. The number of benzene rings is 1. The first-order valence-corrected chi connectivity index (χ1v) is 7.07. The van der Waals surface area contributed by atoms with Crippen molar-refractivity contribution in [1.29, 1.82) is 0 Å². The molecule has 0 spiro atoms. The molecule has 6 nitrogen and oxygen atoms in total. The molecule has 2 N–H and O–H groups in total. The summed E-state index contributed by atoms with van der Waals surface area (Å²) >= 11 is 5.10. The number of carbonyl (C=O) groups excluding carboxylic acids is 1. The second-order valence-corrected chi connectivity index (χ2v) is 4.96. The molecule has 1 aromatic carbocycles. The van der Waals surface area contributed by atoms with Crippen LogP contribution in [-0.2, 0) is 6.54 Å². The molecule has 0 aliphatic rings. The molecule has 110 valence electrons. The normalized spacial score (nSPS) is 10.4. The second-order valence-electron chi connectivity index (χ2n) is 4.55. The molecule has 0 atom stereocenters. The third-order valence-corrected chi connectivity index (χ3v) is 3.46. The Morgan fingerprint density at radius 2 is 2.05 bits per heavy atom. The summed E-state index contributed by atoms with van der Waals surface area (Å²) in [6, 6.07) is 13.1. The molecule has 0 radical (unpaired) electrons. The molecule has 0 bridgehead atoms. The Kier molecular flexibility index (Phi) is 4.06. The van der Waals surface area contributed by atoms with Gasteiger partial charge in [-0.1, -0.05) is 30.4 Å². The Morgan fingerprint density at radius 3 is 2.82 bits per heavy atom. The lowest BCUT2D eigenvalue weighted by atomic mass is 10.2. The first-order valence-electron chi connectivity index (χ1n) is 6.66. The number of rotatable bonds is 4. The highest BCUT2D eigenvalue weighted by Gasteiger charge is 2.10. The van der Waals surface area contributed by atoms with Crippen LogP contribution in [0, 0.1) is 4.64 Å². The predicted molar refractivity (Wildman–Crippen MR) is 84.2 cm³/mol. The minimum Gasteiger partial charge on any atom is -0.352 e. The molecule has 7 heteroatoms. The molecule has 0 saturated carbocycles. The number of aromatic nitrogens is 4. The zero-order valence-electron chi connectivity index (χ0n) is 11.6. The maximum Gasteiger partial charge on any atom is 0.254 e. The van der Waals surface area contributed by atoms with Crippen molar-refractivity contribution in [1.82, 2.24) is 25.1 Å². The zero-order chi connectivity index (χ0) is 15.4.